The van der Waals surface area contributed by atoms with Crippen LogP contribution < -0.4 is 17.0 Å². The van der Waals surface area contributed by atoms with E-state index in [9.17, 15) is 19.2 Å². The van der Waals surface area contributed by atoms with E-state index in [0.717, 1.165) is 20.3 Å². The molecule has 0 bridgehead atoms. The average molecular weight is 488 g/mol. The van der Waals surface area contributed by atoms with Crippen LogP contribution in [0.25, 0.3) is 11.3 Å². The van der Waals surface area contributed by atoms with Crippen LogP contribution in [0.15, 0.2) is 86.8 Å². The monoisotopic (exact) mass is 487 g/mol. The van der Waals surface area contributed by atoms with Gasteiger partial charge in [-0.15, -0.1) is 0 Å². The van der Waals surface area contributed by atoms with Crippen LogP contribution in [0.1, 0.15) is 28.1 Å². The first kappa shape index (κ1) is 24.5. The lowest BCUT2D eigenvalue weighted by Crippen LogP contribution is -2.43. The lowest BCUT2D eigenvalue weighted by molar-refractivity contribution is -0.142. The van der Waals surface area contributed by atoms with E-state index in [4.69, 9.17) is 14.9 Å². The van der Waals surface area contributed by atoms with Gasteiger partial charge in [-0.25, -0.2) is 4.79 Å². The number of anilines is 1. The van der Waals surface area contributed by atoms with Crippen molar-refractivity contribution in [2.45, 2.75) is 19.4 Å². The molecule has 9 heteroatoms. The van der Waals surface area contributed by atoms with Gasteiger partial charge in [0.2, 0.25) is 5.78 Å². The van der Waals surface area contributed by atoms with Gasteiger partial charge in [-0.2, -0.15) is 0 Å². The van der Waals surface area contributed by atoms with Crippen LogP contribution in [0, 0.1) is 0 Å². The average Bonchev–Trinajstić information content (AvgIpc) is 3.38. The Balaban J connectivity index is 1.41. The van der Waals surface area contributed by atoms with Crippen LogP contribution in [0.5, 0.6) is 0 Å². The zero-order chi connectivity index (χ0) is 25.7. The molecule has 0 radical (unpaired) electrons. The van der Waals surface area contributed by atoms with Crippen LogP contribution >= 0.6 is 0 Å². The summed E-state index contributed by atoms with van der Waals surface area (Å²) in [4.78, 5) is 50.3. The van der Waals surface area contributed by atoms with Gasteiger partial charge in [0, 0.05) is 19.0 Å². The Morgan fingerprint density at radius 3 is 2.31 bits per heavy atom. The maximum atomic E-state index is 12.8. The Morgan fingerprint density at radius 1 is 0.944 bits per heavy atom. The predicted octanol–water partition coefficient (Wildman–Crippen LogP) is 2.80. The number of Topliss-reactive ketones (excluding diaryl/α,β-unsaturated/α-hetero) is 1. The molecule has 0 atom stereocenters. The molecule has 2 N–H and O–H groups in total. The largest absolute Gasteiger partial charge is 0.461 e. The van der Waals surface area contributed by atoms with Gasteiger partial charge in [0.1, 0.15) is 22.9 Å². The standard InChI is InChI=1S/C27H25N3O6/c1-29-26(33)24(25(28)30(27(29)34)16-18-8-4-2-5-9-18)21(31)17-35-23(32)15-13-20-12-14-22(36-20)19-10-6-3-7-11-19/h2-12,14H,13,15-17,28H2,1H3. The second-order valence-corrected chi connectivity index (χ2v) is 8.19. The maximum Gasteiger partial charge on any atom is 0.332 e. The van der Waals surface area contributed by atoms with Crippen LogP contribution in [-0.2, 0) is 29.5 Å². The number of esters is 1. The van der Waals surface area contributed by atoms with E-state index in [0.29, 0.717) is 11.5 Å². The summed E-state index contributed by atoms with van der Waals surface area (Å²) >= 11 is 0. The summed E-state index contributed by atoms with van der Waals surface area (Å²) < 4.78 is 12.8. The minimum Gasteiger partial charge on any atom is -0.461 e. The first-order valence-corrected chi connectivity index (χ1v) is 11.3. The third kappa shape index (κ3) is 5.35. The molecular formula is C27H25N3O6. The lowest BCUT2D eigenvalue weighted by Gasteiger charge is -2.14. The molecule has 9 nitrogen and oxygen atoms in total. The summed E-state index contributed by atoms with van der Waals surface area (Å²) in [5.74, 6) is -0.395. The minimum atomic E-state index is -0.841. The predicted molar refractivity (Wildman–Crippen MR) is 134 cm³/mol. The van der Waals surface area contributed by atoms with Crippen LogP contribution in [0.2, 0.25) is 0 Å². The summed E-state index contributed by atoms with van der Waals surface area (Å²) in [7, 11) is 1.27. The smallest absolute Gasteiger partial charge is 0.332 e. The van der Waals surface area contributed by atoms with Crippen molar-refractivity contribution in [2.75, 3.05) is 12.3 Å². The van der Waals surface area contributed by atoms with E-state index in [1.54, 1.807) is 30.3 Å². The molecule has 0 saturated heterocycles. The SMILES string of the molecule is Cn1c(=O)c(C(=O)COC(=O)CCc2ccc(-c3ccccc3)o2)c(N)n(Cc2ccccc2)c1=O. The fraction of sp³-hybridized carbons (Fsp3) is 0.185. The fourth-order valence-electron chi connectivity index (χ4n) is 3.75. The van der Waals surface area contributed by atoms with Crippen molar-refractivity contribution in [3.8, 4) is 11.3 Å². The normalized spacial score (nSPS) is 10.8. The van der Waals surface area contributed by atoms with Crippen molar-refractivity contribution in [3.05, 3.63) is 111 Å². The summed E-state index contributed by atoms with van der Waals surface area (Å²) in [6, 6.07) is 22.2. The molecule has 0 spiro atoms. The van der Waals surface area contributed by atoms with Crippen molar-refractivity contribution in [1.82, 2.24) is 9.13 Å². The quantitative estimate of drug-likeness (QED) is 0.284. The van der Waals surface area contributed by atoms with Gasteiger partial charge in [0.15, 0.2) is 6.61 Å². The molecule has 0 saturated carbocycles. The number of ether oxygens (including phenoxy) is 1. The number of nitrogen functional groups attached to an aromatic ring is 1. The highest BCUT2D eigenvalue weighted by Gasteiger charge is 2.23. The van der Waals surface area contributed by atoms with Crippen molar-refractivity contribution in [1.29, 1.82) is 0 Å². The second-order valence-electron chi connectivity index (χ2n) is 8.19. The van der Waals surface area contributed by atoms with Crippen molar-refractivity contribution in [2.24, 2.45) is 7.05 Å². The highest BCUT2D eigenvalue weighted by atomic mass is 16.5. The number of aryl methyl sites for hydroxylation is 1. The Labute approximate surface area is 206 Å². The topological polar surface area (TPSA) is 127 Å². The molecule has 4 aromatic rings. The van der Waals surface area contributed by atoms with E-state index in [-0.39, 0.29) is 30.8 Å². The molecule has 2 aromatic carbocycles. The van der Waals surface area contributed by atoms with Crippen LogP contribution in [0.3, 0.4) is 0 Å². The Kier molecular flexibility index (Phi) is 7.29. The molecule has 4 rings (SSSR count). The van der Waals surface area contributed by atoms with E-state index in [2.05, 4.69) is 0 Å². The molecule has 0 amide bonds. The molecule has 2 aromatic heterocycles. The van der Waals surface area contributed by atoms with E-state index in [1.165, 1.54) is 7.05 Å². The van der Waals surface area contributed by atoms with Gasteiger partial charge in [0.05, 0.1) is 13.0 Å². The van der Waals surface area contributed by atoms with E-state index < -0.39 is 29.6 Å². The maximum absolute atomic E-state index is 12.8. The Hall–Kier alpha value is -4.66. The number of carbonyl (C=O) groups excluding carboxylic acids is 2. The van der Waals surface area contributed by atoms with Gasteiger partial charge in [0.25, 0.3) is 5.56 Å². The van der Waals surface area contributed by atoms with Gasteiger partial charge in [-0.1, -0.05) is 60.7 Å². The minimum absolute atomic E-state index is 0.0178. The summed E-state index contributed by atoms with van der Waals surface area (Å²) in [5.41, 5.74) is 5.88. The van der Waals surface area contributed by atoms with E-state index >= 15 is 0 Å². The summed E-state index contributed by atoms with van der Waals surface area (Å²) in [6.45, 7) is -0.594. The third-order valence-electron chi connectivity index (χ3n) is 5.71. The number of furan rings is 1. The molecule has 0 unspecified atom stereocenters. The molecule has 0 aliphatic heterocycles. The van der Waals surface area contributed by atoms with Crippen molar-refractivity contribution in [3.63, 3.8) is 0 Å². The molecule has 2 heterocycles. The number of rotatable bonds is 9. The Bertz CT molecular complexity index is 1500. The number of nitrogens with zero attached hydrogens (tertiary/aromatic N) is 2. The highest BCUT2D eigenvalue weighted by molar-refractivity contribution is 6.01. The first-order chi connectivity index (χ1) is 17.3. The van der Waals surface area contributed by atoms with Crippen LogP contribution in [0.4, 0.5) is 5.82 Å². The first-order valence-electron chi connectivity index (χ1n) is 11.3. The zero-order valence-electron chi connectivity index (χ0n) is 19.7. The number of hydrogen-bond acceptors (Lipinski definition) is 7. The van der Waals surface area contributed by atoms with Gasteiger partial charge >= 0.3 is 11.7 Å². The highest BCUT2D eigenvalue weighted by Crippen LogP contribution is 2.22. The van der Waals surface area contributed by atoms with Crippen molar-refractivity contribution < 1.29 is 18.7 Å². The summed E-state index contributed by atoms with van der Waals surface area (Å²) in [6.07, 6.45) is 0.266. The Morgan fingerprint density at radius 2 is 1.61 bits per heavy atom. The number of nitrogens with two attached hydrogens (primary N) is 1. The lowest BCUT2D eigenvalue weighted by atomic mass is 10.2. The molecule has 36 heavy (non-hydrogen) atoms. The number of aromatic nitrogens is 2. The zero-order valence-corrected chi connectivity index (χ0v) is 19.7. The number of hydrogen-bond donors (Lipinski definition) is 1. The second kappa shape index (κ2) is 10.7. The van der Waals surface area contributed by atoms with Crippen LogP contribution in [-0.4, -0.2) is 27.5 Å². The van der Waals surface area contributed by atoms with Gasteiger partial charge in [-0.3, -0.25) is 23.5 Å². The van der Waals surface area contributed by atoms with Gasteiger partial charge < -0.3 is 14.9 Å². The summed E-state index contributed by atoms with van der Waals surface area (Å²) in [5, 5.41) is 0. The molecule has 0 aliphatic rings. The number of benzene rings is 2. The number of carbonyl (C=O) groups is 2. The van der Waals surface area contributed by atoms with E-state index in [1.807, 2.05) is 42.5 Å². The third-order valence-corrected chi connectivity index (χ3v) is 5.71. The van der Waals surface area contributed by atoms with Crippen molar-refractivity contribution >= 4 is 17.6 Å². The molecule has 0 fully saturated rings. The fourth-order valence-corrected chi connectivity index (χ4v) is 3.75. The van der Waals surface area contributed by atoms with Gasteiger partial charge in [-0.05, 0) is 17.7 Å². The number of ketones is 1. The molecule has 0 aliphatic carbocycles. The molecular weight excluding hydrogens is 462 g/mol. The molecule has 184 valence electrons.